The summed E-state index contributed by atoms with van der Waals surface area (Å²) in [6, 6.07) is 18.3. The van der Waals surface area contributed by atoms with Gasteiger partial charge < -0.3 is 10.2 Å². The highest BCUT2D eigenvalue weighted by atomic mass is 32.2. The standard InChI is InChI=1S/C22H29N3OS/c1-3-24-13-15-25(16-14-24)17-19-9-11-20(12-10-19)23-22(26)18(2)27-21-7-5-4-6-8-21/h4-12,18H,3,13-17H2,1-2H3,(H,23,26). The van der Waals surface area contributed by atoms with Gasteiger partial charge in [-0.25, -0.2) is 0 Å². The second-order valence-electron chi connectivity index (χ2n) is 6.97. The molecule has 0 bridgehead atoms. The fraction of sp³-hybridized carbons (Fsp3) is 0.409. The van der Waals surface area contributed by atoms with Crippen molar-refractivity contribution >= 4 is 23.4 Å². The van der Waals surface area contributed by atoms with E-state index in [9.17, 15) is 4.79 Å². The lowest BCUT2D eigenvalue weighted by atomic mass is 10.1. The van der Waals surface area contributed by atoms with Crippen LogP contribution in [-0.2, 0) is 11.3 Å². The Bertz CT molecular complexity index is 712. The van der Waals surface area contributed by atoms with E-state index in [1.165, 1.54) is 5.56 Å². The van der Waals surface area contributed by atoms with Crippen molar-refractivity contribution in [1.29, 1.82) is 0 Å². The van der Waals surface area contributed by atoms with Gasteiger partial charge in [-0.3, -0.25) is 9.69 Å². The lowest BCUT2D eigenvalue weighted by molar-refractivity contribution is -0.115. The molecular weight excluding hydrogens is 354 g/mol. The molecule has 2 aromatic rings. The van der Waals surface area contributed by atoms with E-state index in [0.29, 0.717) is 0 Å². The molecule has 1 atom stereocenters. The molecule has 1 fully saturated rings. The number of rotatable bonds is 7. The topological polar surface area (TPSA) is 35.6 Å². The van der Waals surface area contributed by atoms with Crippen molar-refractivity contribution < 1.29 is 4.79 Å². The van der Waals surface area contributed by atoms with E-state index in [1.54, 1.807) is 11.8 Å². The lowest BCUT2D eigenvalue weighted by Gasteiger charge is -2.34. The molecule has 0 aliphatic carbocycles. The molecule has 3 rings (SSSR count). The summed E-state index contributed by atoms with van der Waals surface area (Å²) in [5, 5.41) is 2.89. The highest BCUT2D eigenvalue weighted by Gasteiger charge is 2.16. The van der Waals surface area contributed by atoms with E-state index >= 15 is 0 Å². The first-order valence-corrected chi connectivity index (χ1v) is 10.6. The van der Waals surface area contributed by atoms with Crippen LogP contribution >= 0.6 is 11.8 Å². The van der Waals surface area contributed by atoms with Crippen LogP contribution in [0.5, 0.6) is 0 Å². The van der Waals surface area contributed by atoms with Crippen molar-refractivity contribution in [2.24, 2.45) is 0 Å². The number of piperazine rings is 1. The average Bonchev–Trinajstić information content (AvgIpc) is 2.71. The fourth-order valence-corrected chi connectivity index (χ4v) is 4.10. The number of amides is 1. The van der Waals surface area contributed by atoms with E-state index < -0.39 is 0 Å². The Morgan fingerprint density at radius 1 is 1.00 bits per heavy atom. The van der Waals surface area contributed by atoms with Gasteiger partial charge in [0.15, 0.2) is 0 Å². The third kappa shape index (κ3) is 6.09. The zero-order valence-corrected chi connectivity index (χ0v) is 17.0. The highest BCUT2D eigenvalue weighted by molar-refractivity contribution is 8.00. The number of carbonyl (C=O) groups excluding carboxylic acids is 1. The molecule has 5 heteroatoms. The number of nitrogens with zero attached hydrogens (tertiary/aromatic N) is 2. The lowest BCUT2D eigenvalue weighted by Crippen LogP contribution is -2.45. The molecule has 2 aromatic carbocycles. The minimum Gasteiger partial charge on any atom is -0.325 e. The molecule has 1 heterocycles. The van der Waals surface area contributed by atoms with Crippen molar-refractivity contribution in [3.63, 3.8) is 0 Å². The summed E-state index contributed by atoms with van der Waals surface area (Å²) in [7, 11) is 0. The second kappa shape index (κ2) is 9.93. The summed E-state index contributed by atoms with van der Waals surface area (Å²) in [4.78, 5) is 18.5. The Labute approximate surface area is 166 Å². The quantitative estimate of drug-likeness (QED) is 0.735. The molecule has 27 heavy (non-hydrogen) atoms. The number of hydrogen-bond acceptors (Lipinski definition) is 4. The molecule has 0 spiro atoms. The van der Waals surface area contributed by atoms with Crippen LogP contribution in [0.3, 0.4) is 0 Å². The van der Waals surface area contributed by atoms with Crippen LogP contribution in [0, 0.1) is 0 Å². The van der Waals surface area contributed by atoms with Gasteiger partial charge in [-0.15, -0.1) is 11.8 Å². The molecule has 1 aliphatic rings. The first-order chi connectivity index (χ1) is 13.1. The Balaban J connectivity index is 1.48. The van der Waals surface area contributed by atoms with Crippen molar-refractivity contribution in [3.8, 4) is 0 Å². The maximum Gasteiger partial charge on any atom is 0.237 e. The van der Waals surface area contributed by atoms with E-state index in [4.69, 9.17) is 0 Å². The van der Waals surface area contributed by atoms with Crippen LogP contribution in [0.1, 0.15) is 19.4 Å². The van der Waals surface area contributed by atoms with Crippen molar-refractivity contribution in [2.75, 3.05) is 38.0 Å². The number of thioether (sulfide) groups is 1. The van der Waals surface area contributed by atoms with Gasteiger partial charge in [-0.1, -0.05) is 37.3 Å². The van der Waals surface area contributed by atoms with E-state index in [2.05, 4.69) is 34.2 Å². The minimum atomic E-state index is -0.137. The first-order valence-electron chi connectivity index (χ1n) is 9.70. The Morgan fingerprint density at radius 2 is 1.63 bits per heavy atom. The molecule has 1 unspecified atom stereocenters. The number of anilines is 1. The van der Waals surface area contributed by atoms with Crippen LogP contribution in [0.4, 0.5) is 5.69 Å². The first kappa shape index (κ1) is 19.9. The van der Waals surface area contributed by atoms with Crippen LogP contribution < -0.4 is 5.32 Å². The van der Waals surface area contributed by atoms with Gasteiger partial charge in [-0.2, -0.15) is 0 Å². The second-order valence-corrected chi connectivity index (χ2v) is 8.38. The molecule has 4 nitrogen and oxygen atoms in total. The smallest absolute Gasteiger partial charge is 0.237 e. The summed E-state index contributed by atoms with van der Waals surface area (Å²) in [5.41, 5.74) is 2.16. The van der Waals surface area contributed by atoms with E-state index in [0.717, 1.165) is 49.9 Å². The largest absolute Gasteiger partial charge is 0.325 e. The van der Waals surface area contributed by atoms with Crippen molar-refractivity contribution in [2.45, 2.75) is 30.5 Å². The maximum atomic E-state index is 12.4. The number of nitrogens with one attached hydrogen (secondary N) is 1. The molecule has 1 N–H and O–H groups in total. The maximum absolute atomic E-state index is 12.4. The molecule has 0 radical (unpaired) electrons. The number of likely N-dealkylation sites (N-methyl/N-ethyl adjacent to an activating group) is 1. The molecule has 1 aliphatic heterocycles. The predicted molar refractivity (Wildman–Crippen MR) is 114 cm³/mol. The van der Waals surface area contributed by atoms with Gasteiger partial charge in [0.25, 0.3) is 0 Å². The van der Waals surface area contributed by atoms with Crippen molar-refractivity contribution in [3.05, 3.63) is 60.2 Å². The summed E-state index contributed by atoms with van der Waals surface area (Å²) in [5.74, 6) is 0.0345. The Kier molecular flexibility index (Phi) is 7.33. The zero-order valence-electron chi connectivity index (χ0n) is 16.2. The molecule has 1 saturated heterocycles. The van der Waals surface area contributed by atoms with E-state index in [1.807, 2.05) is 49.4 Å². The van der Waals surface area contributed by atoms with Crippen molar-refractivity contribution in [1.82, 2.24) is 9.80 Å². The molecule has 0 saturated carbocycles. The SMILES string of the molecule is CCN1CCN(Cc2ccc(NC(=O)C(C)Sc3ccccc3)cc2)CC1. The molecular formula is C22H29N3OS. The van der Waals surface area contributed by atoms with Crippen LogP contribution in [0.25, 0.3) is 0 Å². The predicted octanol–water partition coefficient (Wildman–Crippen LogP) is 3.94. The van der Waals surface area contributed by atoms with Gasteiger partial charge in [0.1, 0.15) is 0 Å². The van der Waals surface area contributed by atoms with Crippen LogP contribution in [0.2, 0.25) is 0 Å². The van der Waals surface area contributed by atoms with Gasteiger partial charge in [0, 0.05) is 43.3 Å². The molecule has 144 valence electrons. The summed E-state index contributed by atoms with van der Waals surface area (Å²) in [6.45, 7) is 10.8. The number of carbonyl (C=O) groups is 1. The summed E-state index contributed by atoms with van der Waals surface area (Å²) >= 11 is 1.58. The minimum absolute atomic E-state index is 0.0345. The number of hydrogen-bond donors (Lipinski definition) is 1. The zero-order chi connectivity index (χ0) is 19.1. The van der Waals surface area contributed by atoms with Gasteiger partial charge in [0.2, 0.25) is 5.91 Å². The summed E-state index contributed by atoms with van der Waals surface area (Å²) in [6.07, 6.45) is 0. The molecule has 1 amide bonds. The third-order valence-electron chi connectivity index (χ3n) is 4.97. The van der Waals surface area contributed by atoms with Crippen LogP contribution in [-0.4, -0.2) is 53.7 Å². The van der Waals surface area contributed by atoms with Gasteiger partial charge >= 0.3 is 0 Å². The normalized spacial score (nSPS) is 16.8. The number of benzene rings is 2. The third-order valence-corrected chi connectivity index (χ3v) is 6.08. The van der Waals surface area contributed by atoms with Gasteiger partial charge in [0.05, 0.1) is 5.25 Å². The van der Waals surface area contributed by atoms with E-state index in [-0.39, 0.29) is 11.2 Å². The fourth-order valence-electron chi connectivity index (χ4n) is 3.22. The Morgan fingerprint density at radius 3 is 2.26 bits per heavy atom. The molecule has 0 aromatic heterocycles. The van der Waals surface area contributed by atoms with Crippen LogP contribution in [0.15, 0.2) is 59.5 Å². The highest BCUT2D eigenvalue weighted by Crippen LogP contribution is 2.24. The average molecular weight is 384 g/mol. The monoisotopic (exact) mass is 383 g/mol. The summed E-state index contributed by atoms with van der Waals surface area (Å²) < 4.78 is 0. The van der Waals surface area contributed by atoms with Gasteiger partial charge in [-0.05, 0) is 43.3 Å². The Hall–Kier alpha value is -1.82.